The second-order valence-electron chi connectivity index (χ2n) is 2.68. The van der Waals surface area contributed by atoms with Gasteiger partial charge in [-0.15, -0.1) is 5.10 Å². The normalized spacial score (nSPS) is 8.81. The molecule has 2 rings (SSSR count). The highest BCUT2D eigenvalue weighted by atomic mass is 16.5. The third kappa shape index (κ3) is 3.79. The average Bonchev–Trinajstić information content (AvgIpc) is 2.85. The summed E-state index contributed by atoms with van der Waals surface area (Å²) in [5.74, 6) is -0.161. The number of aromatic carboxylic acids is 1. The highest BCUT2D eigenvalue weighted by molar-refractivity contribution is 5.84. The number of carboxylic acids is 1. The number of hydrogen-bond acceptors (Lipinski definition) is 4. The third-order valence-electron chi connectivity index (χ3n) is 1.61. The van der Waals surface area contributed by atoms with Crippen LogP contribution in [0.5, 0.6) is 5.75 Å². The first-order chi connectivity index (χ1) is 7.74. The van der Waals surface area contributed by atoms with Crippen LogP contribution in [0.2, 0.25) is 0 Å². The van der Waals surface area contributed by atoms with Gasteiger partial charge in [-0.25, -0.2) is 4.79 Å². The quantitative estimate of drug-likeness (QED) is 0.795. The molecule has 0 spiro atoms. The number of carboxylic acid groups (broad SMARTS) is 1. The van der Waals surface area contributed by atoms with Crippen molar-refractivity contribution in [1.82, 2.24) is 15.4 Å². The van der Waals surface area contributed by atoms with Crippen LogP contribution in [0, 0.1) is 0 Å². The Balaban J connectivity index is 0.000000160. The molecule has 0 saturated heterocycles. The number of aromatic nitrogens is 3. The van der Waals surface area contributed by atoms with Gasteiger partial charge in [-0.2, -0.15) is 10.3 Å². The Hall–Kier alpha value is -2.37. The van der Waals surface area contributed by atoms with Gasteiger partial charge in [-0.1, -0.05) is 18.2 Å². The van der Waals surface area contributed by atoms with Crippen molar-refractivity contribution in [2.24, 2.45) is 0 Å². The second kappa shape index (κ2) is 6.18. The molecule has 0 aliphatic carbocycles. The molecular weight excluding hydrogens is 210 g/mol. The lowest BCUT2D eigenvalue weighted by Gasteiger charge is -1.93. The standard InChI is InChI=1S/C7H8O.C3H3N3O2/c1-8-7-5-3-2-4-6-7;7-3(8)2-1-4-6-5-2/h2-6H,1H3;1H,(H,7,8)(H,4,5,6). The van der Waals surface area contributed by atoms with Crippen molar-refractivity contribution in [3.8, 4) is 5.75 Å². The molecule has 0 amide bonds. The predicted octanol–water partition coefficient (Wildman–Crippen LogP) is 1.20. The maximum atomic E-state index is 9.94. The summed E-state index contributed by atoms with van der Waals surface area (Å²) in [5, 5.41) is 16.9. The highest BCUT2D eigenvalue weighted by Gasteiger charge is 2.02. The molecule has 0 radical (unpaired) electrons. The number of ether oxygens (including phenoxy) is 1. The Morgan fingerprint density at radius 3 is 2.38 bits per heavy atom. The van der Waals surface area contributed by atoms with Gasteiger partial charge < -0.3 is 9.84 Å². The summed E-state index contributed by atoms with van der Waals surface area (Å²) in [6.45, 7) is 0. The van der Waals surface area contributed by atoms with Crippen molar-refractivity contribution in [3.05, 3.63) is 42.2 Å². The van der Waals surface area contributed by atoms with Crippen LogP contribution < -0.4 is 4.74 Å². The predicted molar refractivity (Wildman–Crippen MR) is 56.3 cm³/mol. The minimum atomic E-state index is -1.07. The summed E-state index contributed by atoms with van der Waals surface area (Å²) < 4.78 is 4.91. The van der Waals surface area contributed by atoms with Crippen molar-refractivity contribution in [3.63, 3.8) is 0 Å². The number of H-pyrrole nitrogens is 1. The van der Waals surface area contributed by atoms with Gasteiger partial charge >= 0.3 is 5.97 Å². The summed E-state index contributed by atoms with van der Waals surface area (Å²) in [5.41, 5.74) is -0.0648. The molecule has 6 nitrogen and oxygen atoms in total. The first kappa shape index (κ1) is 11.7. The average molecular weight is 221 g/mol. The summed E-state index contributed by atoms with van der Waals surface area (Å²) in [6.07, 6.45) is 1.14. The molecule has 1 heterocycles. The van der Waals surface area contributed by atoms with Gasteiger partial charge in [0, 0.05) is 0 Å². The topological polar surface area (TPSA) is 88.1 Å². The number of nitrogens with zero attached hydrogens (tertiary/aromatic N) is 2. The number of aromatic amines is 1. The van der Waals surface area contributed by atoms with Crippen molar-refractivity contribution >= 4 is 5.97 Å². The number of methoxy groups -OCH3 is 1. The smallest absolute Gasteiger partial charge is 0.358 e. The van der Waals surface area contributed by atoms with Gasteiger partial charge in [-0.3, -0.25) is 0 Å². The van der Waals surface area contributed by atoms with E-state index < -0.39 is 5.97 Å². The molecule has 2 aromatic rings. The van der Waals surface area contributed by atoms with Crippen LogP contribution in [0.4, 0.5) is 0 Å². The lowest BCUT2D eigenvalue weighted by atomic mass is 10.3. The molecule has 0 aliphatic heterocycles. The molecule has 0 unspecified atom stereocenters. The van der Waals surface area contributed by atoms with Crippen molar-refractivity contribution in [1.29, 1.82) is 0 Å². The monoisotopic (exact) mass is 221 g/mol. The van der Waals surface area contributed by atoms with Crippen molar-refractivity contribution < 1.29 is 14.6 Å². The van der Waals surface area contributed by atoms with Crippen LogP contribution >= 0.6 is 0 Å². The molecule has 1 aromatic heterocycles. The SMILES string of the molecule is COc1ccccc1.O=C(O)c1cn[nH]n1. The summed E-state index contributed by atoms with van der Waals surface area (Å²) >= 11 is 0. The molecule has 1 aromatic carbocycles. The van der Waals surface area contributed by atoms with Crippen LogP contribution in [-0.4, -0.2) is 33.6 Å². The van der Waals surface area contributed by atoms with E-state index in [0.29, 0.717) is 0 Å². The fraction of sp³-hybridized carbons (Fsp3) is 0.100. The Bertz CT molecular complexity index is 414. The molecule has 0 fully saturated rings. The van der Waals surface area contributed by atoms with Crippen molar-refractivity contribution in [2.75, 3.05) is 7.11 Å². The molecule has 84 valence electrons. The molecule has 0 bridgehead atoms. The highest BCUT2D eigenvalue weighted by Crippen LogP contribution is 2.05. The van der Waals surface area contributed by atoms with Crippen LogP contribution in [0.15, 0.2) is 36.5 Å². The number of para-hydroxylation sites is 1. The van der Waals surface area contributed by atoms with Gasteiger partial charge in [0.15, 0.2) is 5.69 Å². The number of benzene rings is 1. The van der Waals surface area contributed by atoms with Gasteiger partial charge in [0.05, 0.1) is 13.3 Å². The summed E-state index contributed by atoms with van der Waals surface area (Å²) in [7, 11) is 1.66. The molecular formula is C10H11N3O3. The first-order valence-corrected chi connectivity index (χ1v) is 4.42. The molecule has 0 saturated carbocycles. The second-order valence-corrected chi connectivity index (χ2v) is 2.68. The first-order valence-electron chi connectivity index (χ1n) is 4.42. The molecule has 2 N–H and O–H groups in total. The van der Waals surface area contributed by atoms with Crippen LogP contribution in [-0.2, 0) is 0 Å². The number of hydrogen-bond donors (Lipinski definition) is 2. The van der Waals surface area contributed by atoms with Crippen LogP contribution in [0.1, 0.15) is 10.5 Å². The van der Waals surface area contributed by atoms with Gasteiger partial charge in [0.1, 0.15) is 5.75 Å². The largest absolute Gasteiger partial charge is 0.497 e. The molecule has 6 heteroatoms. The number of rotatable bonds is 2. The minimum absolute atomic E-state index is 0.0648. The van der Waals surface area contributed by atoms with E-state index in [-0.39, 0.29) is 5.69 Å². The third-order valence-corrected chi connectivity index (χ3v) is 1.61. The Labute approximate surface area is 91.9 Å². The fourth-order valence-corrected chi connectivity index (χ4v) is 0.861. The molecule has 0 atom stereocenters. The van der Waals surface area contributed by atoms with E-state index in [9.17, 15) is 4.79 Å². The van der Waals surface area contributed by atoms with Crippen molar-refractivity contribution in [2.45, 2.75) is 0 Å². The van der Waals surface area contributed by atoms with Gasteiger partial charge in [-0.05, 0) is 12.1 Å². The summed E-state index contributed by atoms with van der Waals surface area (Å²) in [6, 6.07) is 9.68. The zero-order valence-electron chi connectivity index (χ0n) is 8.62. The molecule has 16 heavy (non-hydrogen) atoms. The van der Waals surface area contributed by atoms with Crippen LogP contribution in [0.25, 0.3) is 0 Å². The number of nitrogens with one attached hydrogen (secondary N) is 1. The zero-order chi connectivity index (χ0) is 11.8. The maximum absolute atomic E-state index is 9.94. The lowest BCUT2D eigenvalue weighted by Crippen LogP contribution is -1.95. The molecule has 0 aliphatic rings. The van der Waals surface area contributed by atoms with E-state index in [4.69, 9.17) is 9.84 Å². The Morgan fingerprint density at radius 1 is 1.38 bits per heavy atom. The van der Waals surface area contributed by atoms with E-state index in [1.54, 1.807) is 7.11 Å². The summed E-state index contributed by atoms with van der Waals surface area (Å²) in [4.78, 5) is 9.94. The van der Waals surface area contributed by atoms with E-state index >= 15 is 0 Å². The van der Waals surface area contributed by atoms with E-state index in [1.807, 2.05) is 30.3 Å². The van der Waals surface area contributed by atoms with Gasteiger partial charge in [0.2, 0.25) is 0 Å². The van der Waals surface area contributed by atoms with E-state index in [1.165, 1.54) is 0 Å². The zero-order valence-corrected chi connectivity index (χ0v) is 8.62. The maximum Gasteiger partial charge on any atom is 0.358 e. The Kier molecular flexibility index (Phi) is 4.52. The van der Waals surface area contributed by atoms with E-state index in [2.05, 4.69) is 15.4 Å². The van der Waals surface area contributed by atoms with E-state index in [0.717, 1.165) is 11.9 Å². The fourth-order valence-electron chi connectivity index (χ4n) is 0.861. The minimum Gasteiger partial charge on any atom is -0.497 e. The number of carbonyl (C=O) groups is 1. The lowest BCUT2D eigenvalue weighted by molar-refractivity contribution is 0.0690. The van der Waals surface area contributed by atoms with Gasteiger partial charge in [0.25, 0.3) is 0 Å². The Morgan fingerprint density at radius 2 is 2.06 bits per heavy atom. The van der Waals surface area contributed by atoms with Crippen LogP contribution in [0.3, 0.4) is 0 Å².